The molecule has 0 aliphatic carbocycles. The monoisotopic (exact) mass is 275 g/mol. The summed E-state index contributed by atoms with van der Waals surface area (Å²) >= 11 is 5.24. The SMILES string of the molecule is OC[C@H]1CCCN1Cc1ccc(Br)s1. The lowest BCUT2D eigenvalue weighted by atomic mass is 10.2. The van der Waals surface area contributed by atoms with Crippen LogP contribution < -0.4 is 0 Å². The van der Waals surface area contributed by atoms with Gasteiger partial charge >= 0.3 is 0 Å². The van der Waals surface area contributed by atoms with E-state index in [0.717, 1.165) is 19.5 Å². The topological polar surface area (TPSA) is 23.5 Å². The van der Waals surface area contributed by atoms with Crippen LogP contribution in [0.4, 0.5) is 0 Å². The van der Waals surface area contributed by atoms with Gasteiger partial charge in [-0.25, -0.2) is 0 Å². The fraction of sp³-hybridized carbons (Fsp3) is 0.600. The molecule has 0 aromatic carbocycles. The van der Waals surface area contributed by atoms with Crippen molar-refractivity contribution in [2.45, 2.75) is 25.4 Å². The van der Waals surface area contributed by atoms with E-state index < -0.39 is 0 Å². The third-order valence-electron chi connectivity index (χ3n) is 2.70. The van der Waals surface area contributed by atoms with Gasteiger partial charge in [0.2, 0.25) is 0 Å². The van der Waals surface area contributed by atoms with Crippen molar-refractivity contribution in [2.24, 2.45) is 0 Å². The third kappa shape index (κ3) is 2.37. The lowest BCUT2D eigenvalue weighted by Crippen LogP contribution is -2.31. The van der Waals surface area contributed by atoms with E-state index in [1.54, 1.807) is 11.3 Å². The molecule has 0 bridgehead atoms. The summed E-state index contributed by atoms with van der Waals surface area (Å²) in [7, 11) is 0. The zero-order valence-electron chi connectivity index (χ0n) is 7.95. The van der Waals surface area contributed by atoms with Crippen molar-refractivity contribution in [1.82, 2.24) is 4.90 Å². The van der Waals surface area contributed by atoms with Crippen LogP contribution in [0.25, 0.3) is 0 Å². The average molecular weight is 276 g/mol. The standard InChI is InChI=1S/C10H14BrNOS/c11-10-4-3-9(14-10)6-12-5-1-2-8(12)7-13/h3-4,8,13H,1-2,5-7H2/t8-/m1/s1. The first-order valence-corrected chi connectivity index (χ1v) is 6.49. The van der Waals surface area contributed by atoms with Crippen molar-refractivity contribution in [2.75, 3.05) is 13.2 Å². The minimum atomic E-state index is 0.298. The smallest absolute Gasteiger partial charge is 0.0701 e. The summed E-state index contributed by atoms with van der Waals surface area (Å²) in [5, 5.41) is 9.17. The van der Waals surface area contributed by atoms with Gasteiger partial charge in [0, 0.05) is 17.5 Å². The van der Waals surface area contributed by atoms with E-state index in [0.29, 0.717) is 12.6 Å². The highest BCUT2D eigenvalue weighted by Gasteiger charge is 2.23. The van der Waals surface area contributed by atoms with E-state index in [1.165, 1.54) is 15.1 Å². The summed E-state index contributed by atoms with van der Waals surface area (Å²) in [5.74, 6) is 0. The Morgan fingerprint density at radius 2 is 2.43 bits per heavy atom. The lowest BCUT2D eigenvalue weighted by Gasteiger charge is -2.21. The number of thiophene rings is 1. The number of hydrogen-bond acceptors (Lipinski definition) is 3. The highest BCUT2D eigenvalue weighted by molar-refractivity contribution is 9.11. The molecular formula is C10H14BrNOS. The Hall–Kier alpha value is 0.1000. The Kier molecular flexibility index (Phi) is 3.60. The summed E-state index contributed by atoms with van der Waals surface area (Å²) < 4.78 is 1.19. The molecule has 0 unspecified atom stereocenters. The molecule has 1 fully saturated rings. The normalized spacial score (nSPS) is 23.1. The van der Waals surface area contributed by atoms with Crippen molar-refractivity contribution < 1.29 is 5.11 Å². The molecule has 14 heavy (non-hydrogen) atoms. The minimum Gasteiger partial charge on any atom is -0.395 e. The first-order valence-electron chi connectivity index (χ1n) is 4.88. The first-order chi connectivity index (χ1) is 6.79. The number of aliphatic hydroxyl groups excluding tert-OH is 1. The van der Waals surface area contributed by atoms with Crippen molar-refractivity contribution in [1.29, 1.82) is 0 Å². The summed E-state index contributed by atoms with van der Waals surface area (Å²) in [6, 6.07) is 4.63. The second-order valence-corrected chi connectivity index (χ2v) is 6.20. The Balaban J connectivity index is 1.96. The van der Waals surface area contributed by atoms with Gasteiger partial charge in [0.25, 0.3) is 0 Å². The fourth-order valence-corrected chi connectivity index (χ4v) is 3.46. The highest BCUT2D eigenvalue weighted by atomic mass is 79.9. The van der Waals surface area contributed by atoms with Gasteiger partial charge in [-0.05, 0) is 47.4 Å². The highest BCUT2D eigenvalue weighted by Crippen LogP contribution is 2.26. The summed E-state index contributed by atoms with van der Waals surface area (Å²) in [5.41, 5.74) is 0. The minimum absolute atomic E-state index is 0.298. The maximum Gasteiger partial charge on any atom is 0.0701 e. The molecule has 2 nitrogen and oxygen atoms in total. The maximum absolute atomic E-state index is 9.17. The fourth-order valence-electron chi connectivity index (χ4n) is 1.95. The number of nitrogens with zero attached hydrogens (tertiary/aromatic N) is 1. The Bertz CT molecular complexity index is 302. The zero-order chi connectivity index (χ0) is 9.97. The molecule has 2 heterocycles. The Labute approximate surface area is 96.7 Å². The number of likely N-dealkylation sites (tertiary alicyclic amines) is 1. The van der Waals surface area contributed by atoms with Crippen molar-refractivity contribution in [3.63, 3.8) is 0 Å². The van der Waals surface area contributed by atoms with Gasteiger partial charge in [-0.1, -0.05) is 0 Å². The van der Waals surface area contributed by atoms with E-state index >= 15 is 0 Å². The molecule has 0 saturated carbocycles. The third-order valence-corrected chi connectivity index (χ3v) is 4.31. The van der Waals surface area contributed by atoms with Gasteiger partial charge in [-0.2, -0.15) is 0 Å². The van der Waals surface area contributed by atoms with Gasteiger partial charge in [0.15, 0.2) is 0 Å². The molecule has 1 aliphatic heterocycles. The van der Waals surface area contributed by atoms with Gasteiger partial charge in [0.05, 0.1) is 10.4 Å². The molecule has 78 valence electrons. The molecule has 1 aliphatic rings. The van der Waals surface area contributed by atoms with Crippen LogP contribution in [0.2, 0.25) is 0 Å². The zero-order valence-corrected chi connectivity index (χ0v) is 10.4. The van der Waals surface area contributed by atoms with Crippen LogP contribution in [0.15, 0.2) is 15.9 Å². The van der Waals surface area contributed by atoms with Crippen LogP contribution in [0.3, 0.4) is 0 Å². The molecule has 4 heteroatoms. The number of aliphatic hydroxyl groups is 1. The van der Waals surface area contributed by atoms with Gasteiger partial charge in [-0.3, -0.25) is 4.90 Å². The van der Waals surface area contributed by atoms with E-state index in [2.05, 4.69) is 33.0 Å². The van der Waals surface area contributed by atoms with Crippen LogP contribution >= 0.6 is 27.3 Å². The quantitative estimate of drug-likeness (QED) is 0.916. The predicted molar refractivity (Wildman–Crippen MR) is 62.5 cm³/mol. The number of rotatable bonds is 3. The molecule has 1 aromatic heterocycles. The summed E-state index contributed by atoms with van der Waals surface area (Å²) in [6.45, 7) is 2.41. The summed E-state index contributed by atoms with van der Waals surface area (Å²) in [6.07, 6.45) is 2.36. The van der Waals surface area contributed by atoms with E-state index in [-0.39, 0.29) is 0 Å². The van der Waals surface area contributed by atoms with Crippen LogP contribution in [0.1, 0.15) is 17.7 Å². The molecule has 0 spiro atoms. The van der Waals surface area contributed by atoms with E-state index in [1.807, 2.05) is 0 Å². The molecule has 1 N–H and O–H groups in total. The maximum atomic E-state index is 9.17. The van der Waals surface area contributed by atoms with Crippen LogP contribution in [0.5, 0.6) is 0 Å². The molecule has 1 atom stereocenters. The first kappa shape index (κ1) is 10.6. The molecule has 2 rings (SSSR count). The molecule has 0 radical (unpaired) electrons. The average Bonchev–Trinajstić information content (AvgIpc) is 2.76. The Morgan fingerprint density at radius 1 is 1.57 bits per heavy atom. The molecule has 1 aromatic rings. The second kappa shape index (κ2) is 4.75. The van der Waals surface area contributed by atoms with Crippen LogP contribution in [0, 0.1) is 0 Å². The van der Waals surface area contributed by atoms with Gasteiger partial charge in [-0.15, -0.1) is 11.3 Å². The van der Waals surface area contributed by atoms with E-state index in [9.17, 15) is 5.11 Å². The van der Waals surface area contributed by atoms with Crippen LogP contribution in [-0.2, 0) is 6.54 Å². The van der Waals surface area contributed by atoms with Gasteiger partial charge in [0.1, 0.15) is 0 Å². The number of halogens is 1. The van der Waals surface area contributed by atoms with Crippen molar-refractivity contribution >= 4 is 27.3 Å². The van der Waals surface area contributed by atoms with Gasteiger partial charge < -0.3 is 5.11 Å². The largest absolute Gasteiger partial charge is 0.395 e. The van der Waals surface area contributed by atoms with E-state index in [4.69, 9.17) is 0 Å². The second-order valence-electron chi connectivity index (χ2n) is 3.65. The number of hydrogen-bond donors (Lipinski definition) is 1. The molecular weight excluding hydrogens is 262 g/mol. The summed E-state index contributed by atoms with van der Waals surface area (Å²) in [4.78, 5) is 3.75. The van der Waals surface area contributed by atoms with Crippen molar-refractivity contribution in [3.8, 4) is 0 Å². The molecule has 0 amide bonds. The van der Waals surface area contributed by atoms with Crippen molar-refractivity contribution in [3.05, 3.63) is 20.8 Å². The lowest BCUT2D eigenvalue weighted by molar-refractivity contribution is 0.154. The predicted octanol–water partition coefficient (Wildman–Crippen LogP) is 2.47. The van der Waals surface area contributed by atoms with Crippen LogP contribution in [-0.4, -0.2) is 29.2 Å². The molecule has 1 saturated heterocycles. The Morgan fingerprint density at radius 3 is 3.07 bits per heavy atom.